The van der Waals surface area contributed by atoms with E-state index in [-0.39, 0.29) is 25.5 Å². The monoisotopic (exact) mass is 549 g/mol. The highest BCUT2D eigenvalue weighted by molar-refractivity contribution is 5.68. The van der Waals surface area contributed by atoms with Crippen molar-refractivity contribution in [2.45, 2.75) is 78.5 Å². The SMILES string of the molecule is CC(=O)OC[C@H]1O[C@@H](OCc2cnnn2Cc2cc(C)cc(O)c2)[C@H](OC(C)=O)[C@@H](OC(C)=O)[C@@H]1OC(C)=O. The van der Waals surface area contributed by atoms with Gasteiger partial charge in [-0.25, -0.2) is 4.68 Å². The number of aromatic nitrogens is 3. The number of aromatic hydroxyl groups is 1. The van der Waals surface area contributed by atoms with Gasteiger partial charge in [-0.1, -0.05) is 11.3 Å². The molecule has 2 aromatic rings. The minimum absolute atomic E-state index is 0.111. The Morgan fingerprint density at radius 3 is 2.18 bits per heavy atom. The van der Waals surface area contributed by atoms with Gasteiger partial charge >= 0.3 is 23.9 Å². The maximum atomic E-state index is 12.0. The molecular weight excluding hydrogens is 518 g/mol. The second-order valence-electron chi connectivity index (χ2n) is 8.94. The maximum Gasteiger partial charge on any atom is 0.303 e. The first-order valence-corrected chi connectivity index (χ1v) is 12.0. The molecule has 5 atom stereocenters. The number of rotatable bonds is 10. The summed E-state index contributed by atoms with van der Waals surface area (Å²) in [5, 5.41) is 17.9. The number of carbonyl (C=O) groups is 4. The van der Waals surface area contributed by atoms with Crippen molar-refractivity contribution in [2.75, 3.05) is 6.61 Å². The van der Waals surface area contributed by atoms with E-state index >= 15 is 0 Å². The van der Waals surface area contributed by atoms with E-state index < -0.39 is 54.6 Å². The van der Waals surface area contributed by atoms with Crippen LogP contribution in [0.25, 0.3) is 0 Å². The molecule has 212 valence electrons. The molecule has 39 heavy (non-hydrogen) atoms. The van der Waals surface area contributed by atoms with E-state index in [1.165, 1.54) is 13.1 Å². The van der Waals surface area contributed by atoms with Gasteiger partial charge in [0, 0.05) is 27.7 Å². The lowest BCUT2D eigenvalue weighted by Crippen LogP contribution is -2.62. The summed E-state index contributed by atoms with van der Waals surface area (Å²) in [5.41, 5.74) is 2.14. The van der Waals surface area contributed by atoms with Gasteiger partial charge in [0.25, 0.3) is 0 Å². The molecule has 14 heteroatoms. The van der Waals surface area contributed by atoms with E-state index in [9.17, 15) is 24.3 Å². The molecule has 0 radical (unpaired) electrons. The molecule has 0 bridgehead atoms. The number of carbonyl (C=O) groups excluding carboxylic acids is 4. The molecule has 0 unspecified atom stereocenters. The average molecular weight is 550 g/mol. The van der Waals surface area contributed by atoms with Crippen LogP contribution in [0.2, 0.25) is 0 Å². The fourth-order valence-electron chi connectivity index (χ4n) is 4.12. The van der Waals surface area contributed by atoms with Crippen molar-refractivity contribution in [2.24, 2.45) is 0 Å². The summed E-state index contributed by atoms with van der Waals surface area (Å²) in [6, 6.07) is 5.10. The number of esters is 4. The van der Waals surface area contributed by atoms with Crippen molar-refractivity contribution in [3.63, 3.8) is 0 Å². The first kappa shape index (κ1) is 29.5. The zero-order chi connectivity index (χ0) is 28.7. The van der Waals surface area contributed by atoms with Crippen molar-refractivity contribution in [3.05, 3.63) is 41.2 Å². The third-order valence-electron chi connectivity index (χ3n) is 5.50. The topological polar surface area (TPSA) is 175 Å². The highest BCUT2D eigenvalue weighted by Crippen LogP contribution is 2.30. The number of benzene rings is 1. The first-order valence-electron chi connectivity index (χ1n) is 12.0. The summed E-state index contributed by atoms with van der Waals surface area (Å²) in [6.07, 6.45) is -4.97. The van der Waals surface area contributed by atoms with Crippen molar-refractivity contribution in [1.82, 2.24) is 15.0 Å². The van der Waals surface area contributed by atoms with Crippen LogP contribution in [0.3, 0.4) is 0 Å². The Kier molecular flexibility index (Phi) is 9.95. The molecular formula is C25H31N3O11. The van der Waals surface area contributed by atoms with Crippen LogP contribution in [0.15, 0.2) is 24.4 Å². The number of phenols is 1. The van der Waals surface area contributed by atoms with Crippen molar-refractivity contribution in [3.8, 4) is 5.75 Å². The minimum Gasteiger partial charge on any atom is -0.508 e. The standard InChI is InChI=1S/C25H31N3O11/c1-13-6-18(8-20(33)7-13)10-28-19(9-26-27-28)11-35-25-24(38-17(5)32)23(37-16(4)31)22(36-15(3)30)21(39-25)12-34-14(2)29/h6-9,21-25,33H,10-12H2,1-5H3/t21-,22-,23+,24-,25-/m1/s1. The number of phenolic OH excluding ortho intramolecular Hbond substituents is 1. The molecule has 0 amide bonds. The number of hydrogen-bond acceptors (Lipinski definition) is 13. The Morgan fingerprint density at radius 1 is 0.923 bits per heavy atom. The van der Waals surface area contributed by atoms with Gasteiger partial charge in [0.05, 0.1) is 25.0 Å². The fourth-order valence-corrected chi connectivity index (χ4v) is 4.12. The molecule has 1 N–H and O–H groups in total. The third kappa shape index (κ3) is 8.48. The van der Waals surface area contributed by atoms with Crippen LogP contribution >= 0.6 is 0 Å². The Labute approximate surface area is 224 Å². The van der Waals surface area contributed by atoms with E-state index in [1.54, 1.807) is 16.8 Å². The lowest BCUT2D eigenvalue weighted by molar-refractivity contribution is -0.311. The Hall–Kier alpha value is -4.04. The molecule has 1 fully saturated rings. The normalized spacial score (nSPS) is 22.5. The minimum atomic E-state index is -1.35. The van der Waals surface area contributed by atoms with Gasteiger partial charge in [0.1, 0.15) is 18.5 Å². The second-order valence-corrected chi connectivity index (χ2v) is 8.94. The van der Waals surface area contributed by atoms with Crippen LogP contribution in [-0.4, -0.2) is 81.3 Å². The van der Waals surface area contributed by atoms with Gasteiger partial charge in [0.15, 0.2) is 24.6 Å². The fraction of sp³-hybridized carbons (Fsp3) is 0.520. The van der Waals surface area contributed by atoms with Crippen molar-refractivity contribution in [1.29, 1.82) is 0 Å². The smallest absolute Gasteiger partial charge is 0.303 e. The first-order chi connectivity index (χ1) is 18.4. The van der Waals surface area contributed by atoms with Gasteiger partial charge < -0.3 is 33.5 Å². The molecule has 0 saturated carbocycles. The van der Waals surface area contributed by atoms with Crippen molar-refractivity contribution >= 4 is 23.9 Å². The van der Waals surface area contributed by atoms with Gasteiger partial charge in [-0.15, -0.1) is 5.10 Å². The van der Waals surface area contributed by atoms with E-state index in [1.807, 2.05) is 13.0 Å². The summed E-state index contributed by atoms with van der Waals surface area (Å²) in [5.74, 6) is -2.72. The molecule has 14 nitrogen and oxygen atoms in total. The molecule has 1 aromatic heterocycles. The van der Waals surface area contributed by atoms with E-state index in [2.05, 4.69) is 10.3 Å². The van der Waals surface area contributed by atoms with Crippen LogP contribution in [-0.2, 0) is 60.8 Å². The largest absolute Gasteiger partial charge is 0.508 e. The maximum absolute atomic E-state index is 12.0. The Morgan fingerprint density at radius 2 is 1.56 bits per heavy atom. The van der Waals surface area contributed by atoms with Crippen LogP contribution in [0.4, 0.5) is 0 Å². The second kappa shape index (κ2) is 13.2. The van der Waals surface area contributed by atoms with Crippen LogP contribution in [0, 0.1) is 6.92 Å². The predicted molar refractivity (Wildman–Crippen MR) is 129 cm³/mol. The van der Waals surface area contributed by atoms with Crippen LogP contribution in [0.1, 0.15) is 44.5 Å². The molecule has 1 aliphatic heterocycles. The highest BCUT2D eigenvalue weighted by Gasteiger charge is 2.52. The quantitative estimate of drug-likeness (QED) is 0.328. The molecule has 1 saturated heterocycles. The predicted octanol–water partition coefficient (Wildman–Crippen LogP) is 0.940. The summed E-state index contributed by atoms with van der Waals surface area (Å²) in [4.78, 5) is 47.2. The van der Waals surface area contributed by atoms with E-state index in [0.717, 1.165) is 31.9 Å². The zero-order valence-electron chi connectivity index (χ0n) is 22.2. The Bertz CT molecular complexity index is 1180. The molecule has 0 spiro atoms. The summed E-state index contributed by atoms with van der Waals surface area (Å²) in [6.45, 7) is 6.21. The summed E-state index contributed by atoms with van der Waals surface area (Å²) in [7, 11) is 0. The third-order valence-corrected chi connectivity index (χ3v) is 5.50. The molecule has 1 aliphatic rings. The zero-order valence-corrected chi connectivity index (χ0v) is 22.2. The van der Waals surface area contributed by atoms with Gasteiger partial charge in [-0.3, -0.25) is 19.2 Å². The van der Waals surface area contributed by atoms with Crippen LogP contribution < -0.4 is 0 Å². The lowest BCUT2D eigenvalue weighted by atomic mass is 9.98. The average Bonchev–Trinajstić information content (AvgIpc) is 3.24. The van der Waals surface area contributed by atoms with E-state index in [0.29, 0.717) is 5.69 Å². The molecule has 0 aliphatic carbocycles. The van der Waals surface area contributed by atoms with Crippen molar-refractivity contribution < 1.29 is 52.7 Å². The summed E-state index contributed by atoms with van der Waals surface area (Å²) < 4.78 is 34.6. The lowest BCUT2D eigenvalue weighted by Gasteiger charge is -2.44. The molecule has 3 rings (SSSR count). The number of ether oxygens (including phenoxy) is 6. The Balaban J connectivity index is 1.87. The number of aryl methyl sites for hydroxylation is 1. The number of hydrogen-bond donors (Lipinski definition) is 1. The summed E-state index contributed by atoms with van der Waals surface area (Å²) >= 11 is 0. The van der Waals surface area contributed by atoms with Crippen LogP contribution in [0.5, 0.6) is 5.75 Å². The van der Waals surface area contributed by atoms with Gasteiger partial charge in [-0.05, 0) is 30.2 Å². The molecule has 2 heterocycles. The number of nitrogens with zero attached hydrogens (tertiary/aromatic N) is 3. The van der Waals surface area contributed by atoms with Gasteiger partial charge in [0.2, 0.25) is 0 Å². The van der Waals surface area contributed by atoms with E-state index in [4.69, 9.17) is 28.4 Å². The highest BCUT2D eigenvalue weighted by atomic mass is 16.7. The molecule has 1 aromatic carbocycles. The van der Waals surface area contributed by atoms with Gasteiger partial charge in [-0.2, -0.15) is 0 Å².